The second-order valence-corrected chi connectivity index (χ2v) is 7.03. The van der Waals surface area contributed by atoms with Crippen molar-refractivity contribution in [2.24, 2.45) is 0 Å². The van der Waals surface area contributed by atoms with Crippen molar-refractivity contribution < 1.29 is 4.57 Å². The third-order valence-electron chi connectivity index (χ3n) is 4.76. The molecule has 1 nitrogen and oxygen atoms in total. The number of pyridine rings is 1. The van der Waals surface area contributed by atoms with Crippen molar-refractivity contribution in [3.8, 4) is 0 Å². The Morgan fingerprint density at radius 2 is 0.889 bits per heavy atom. The minimum Gasteiger partial charge on any atom is -0.201 e. The molecule has 0 bridgehead atoms. The summed E-state index contributed by atoms with van der Waals surface area (Å²) < 4.78 is 2.23. The lowest BCUT2D eigenvalue weighted by molar-refractivity contribution is -0.688. The normalized spacial score (nSPS) is 10.7. The van der Waals surface area contributed by atoms with E-state index in [0.29, 0.717) is 0 Å². The molecular weight excluding hydrogens is 326 g/mol. The molecule has 0 aliphatic carbocycles. The van der Waals surface area contributed by atoms with Crippen molar-refractivity contribution in [2.45, 2.75) is 19.4 Å². The molecule has 0 N–H and O–H groups in total. The molecule has 0 fully saturated rings. The van der Waals surface area contributed by atoms with Gasteiger partial charge in [0.15, 0.2) is 18.9 Å². The van der Waals surface area contributed by atoms with Crippen molar-refractivity contribution in [3.63, 3.8) is 0 Å². The number of rotatable bonds is 6. The Morgan fingerprint density at radius 1 is 0.444 bits per heavy atom. The Hall–Kier alpha value is -3.19. The largest absolute Gasteiger partial charge is 0.201 e. The van der Waals surface area contributed by atoms with Crippen molar-refractivity contribution in [1.82, 2.24) is 0 Å². The smallest absolute Gasteiger partial charge is 0.173 e. The molecule has 0 saturated heterocycles. The zero-order valence-electron chi connectivity index (χ0n) is 15.5. The van der Waals surface area contributed by atoms with E-state index in [4.69, 9.17) is 0 Å². The minimum atomic E-state index is 0.894. The van der Waals surface area contributed by atoms with Gasteiger partial charge in [0.1, 0.15) is 0 Å². The van der Waals surface area contributed by atoms with Gasteiger partial charge in [-0.25, -0.2) is 4.57 Å². The second-order valence-electron chi connectivity index (χ2n) is 7.03. The lowest BCUT2D eigenvalue weighted by atomic mass is 9.96. The van der Waals surface area contributed by atoms with E-state index in [1.54, 1.807) is 0 Å². The van der Waals surface area contributed by atoms with E-state index in [9.17, 15) is 0 Å². The molecule has 0 aliphatic rings. The maximum atomic E-state index is 2.36. The molecule has 1 aromatic heterocycles. The monoisotopic (exact) mass is 350 g/mol. The highest BCUT2D eigenvalue weighted by Gasteiger charge is 2.07. The van der Waals surface area contributed by atoms with Gasteiger partial charge in [-0.05, 0) is 47.2 Å². The van der Waals surface area contributed by atoms with Crippen LogP contribution in [0, 0.1) is 0 Å². The van der Waals surface area contributed by atoms with Crippen LogP contribution in [0.2, 0.25) is 0 Å². The molecule has 27 heavy (non-hydrogen) atoms. The summed E-state index contributed by atoms with van der Waals surface area (Å²) >= 11 is 0. The predicted octanol–water partition coefficient (Wildman–Crippen LogP) is 5.20. The second kappa shape index (κ2) is 8.46. The predicted molar refractivity (Wildman–Crippen MR) is 111 cm³/mol. The number of nitrogens with zero attached hydrogens (tertiary/aromatic N) is 1. The molecule has 1 heteroatoms. The SMILES string of the molecule is c1ccc(Cc2cc(Cc3ccccc3)cc(C[n+]3ccccc3)c2)cc1. The van der Waals surface area contributed by atoms with Crippen LogP contribution in [-0.2, 0) is 19.4 Å². The molecular formula is C26H24N+. The highest BCUT2D eigenvalue weighted by molar-refractivity contribution is 5.36. The van der Waals surface area contributed by atoms with Crippen LogP contribution >= 0.6 is 0 Å². The first-order chi connectivity index (χ1) is 13.3. The van der Waals surface area contributed by atoms with Crippen LogP contribution in [0.5, 0.6) is 0 Å². The maximum absolute atomic E-state index is 2.36. The van der Waals surface area contributed by atoms with Crippen LogP contribution in [0.25, 0.3) is 0 Å². The summed E-state index contributed by atoms with van der Waals surface area (Å²) in [5.41, 5.74) is 6.81. The average molecular weight is 350 g/mol. The molecule has 0 aliphatic heterocycles. The van der Waals surface area contributed by atoms with Gasteiger partial charge in [-0.15, -0.1) is 0 Å². The minimum absolute atomic E-state index is 0.894. The van der Waals surface area contributed by atoms with Gasteiger partial charge >= 0.3 is 0 Å². The van der Waals surface area contributed by atoms with Crippen LogP contribution < -0.4 is 4.57 Å². The number of hydrogen-bond acceptors (Lipinski definition) is 0. The highest BCUT2D eigenvalue weighted by Crippen LogP contribution is 2.18. The Kier molecular flexibility index (Phi) is 5.40. The third kappa shape index (κ3) is 4.92. The van der Waals surface area contributed by atoms with Crippen molar-refractivity contribution in [1.29, 1.82) is 0 Å². The van der Waals surface area contributed by atoms with Crippen LogP contribution in [0.1, 0.15) is 27.8 Å². The van der Waals surface area contributed by atoms with Gasteiger partial charge in [-0.3, -0.25) is 0 Å². The van der Waals surface area contributed by atoms with Crippen LogP contribution in [0.15, 0.2) is 109 Å². The molecule has 132 valence electrons. The van der Waals surface area contributed by atoms with E-state index in [2.05, 4.69) is 114 Å². The molecule has 4 rings (SSSR count). The maximum Gasteiger partial charge on any atom is 0.173 e. The van der Waals surface area contributed by atoms with Gasteiger partial charge in [-0.2, -0.15) is 0 Å². The summed E-state index contributed by atoms with van der Waals surface area (Å²) in [7, 11) is 0. The topological polar surface area (TPSA) is 3.88 Å². The summed E-state index contributed by atoms with van der Waals surface area (Å²) in [6, 6.07) is 34.7. The molecule has 0 unspecified atom stereocenters. The van der Waals surface area contributed by atoms with E-state index in [1.165, 1.54) is 27.8 Å². The number of hydrogen-bond donors (Lipinski definition) is 0. The fourth-order valence-corrected chi connectivity index (χ4v) is 3.55. The first kappa shape index (κ1) is 17.2. The lowest BCUT2D eigenvalue weighted by Crippen LogP contribution is -2.32. The van der Waals surface area contributed by atoms with Gasteiger partial charge in [-0.1, -0.05) is 72.8 Å². The summed E-state index contributed by atoms with van der Waals surface area (Å²) in [5, 5.41) is 0. The van der Waals surface area contributed by atoms with E-state index in [-0.39, 0.29) is 0 Å². The van der Waals surface area contributed by atoms with Crippen LogP contribution in [-0.4, -0.2) is 0 Å². The standard InChI is InChI=1S/C26H24N/c1-4-10-22(11-5-1)16-24-18-25(17-23-12-6-2-7-13-23)20-26(19-24)21-27-14-8-3-9-15-27/h1-15,18-20H,16-17,21H2/q+1. The molecule has 0 radical (unpaired) electrons. The Balaban J connectivity index is 1.64. The van der Waals surface area contributed by atoms with Gasteiger partial charge in [0, 0.05) is 17.7 Å². The van der Waals surface area contributed by atoms with Crippen molar-refractivity contribution >= 4 is 0 Å². The first-order valence-corrected chi connectivity index (χ1v) is 9.49. The van der Waals surface area contributed by atoms with Crippen molar-refractivity contribution in [3.05, 3.63) is 137 Å². The lowest BCUT2D eigenvalue weighted by Gasteiger charge is -2.10. The van der Waals surface area contributed by atoms with E-state index >= 15 is 0 Å². The summed E-state index contributed by atoms with van der Waals surface area (Å²) in [6.07, 6.45) is 6.19. The summed E-state index contributed by atoms with van der Waals surface area (Å²) in [4.78, 5) is 0. The Labute approximate surface area is 161 Å². The molecule has 0 saturated carbocycles. The molecule has 0 atom stereocenters. The van der Waals surface area contributed by atoms with Crippen molar-refractivity contribution in [2.75, 3.05) is 0 Å². The number of benzene rings is 3. The fourth-order valence-electron chi connectivity index (χ4n) is 3.55. The number of aromatic nitrogens is 1. The van der Waals surface area contributed by atoms with Gasteiger partial charge < -0.3 is 0 Å². The van der Waals surface area contributed by atoms with E-state index < -0.39 is 0 Å². The molecule has 4 aromatic rings. The van der Waals surface area contributed by atoms with Gasteiger partial charge in [0.25, 0.3) is 0 Å². The molecule has 0 amide bonds. The van der Waals surface area contributed by atoms with Gasteiger partial charge in [0.05, 0.1) is 0 Å². The summed E-state index contributed by atoms with van der Waals surface area (Å²) in [5.74, 6) is 0. The average Bonchev–Trinajstić information content (AvgIpc) is 2.70. The van der Waals surface area contributed by atoms with E-state index in [1.807, 2.05) is 0 Å². The quantitative estimate of drug-likeness (QED) is 0.421. The summed E-state index contributed by atoms with van der Waals surface area (Å²) in [6.45, 7) is 0.894. The third-order valence-corrected chi connectivity index (χ3v) is 4.76. The first-order valence-electron chi connectivity index (χ1n) is 9.49. The van der Waals surface area contributed by atoms with Gasteiger partial charge in [0.2, 0.25) is 0 Å². The fraction of sp³-hybridized carbons (Fsp3) is 0.115. The molecule has 3 aromatic carbocycles. The van der Waals surface area contributed by atoms with Crippen LogP contribution in [0.4, 0.5) is 0 Å². The van der Waals surface area contributed by atoms with Crippen LogP contribution in [0.3, 0.4) is 0 Å². The molecule has 1 heterocycles. The highest BCUT2D eigenvalue weighted by atomic mass is 14.9. The Bertz CT molecular complexity index is 832. The molecule has 0 spiro atoms. The Morgan fingerprint density at radius 3 is 1.41 bits per heavy atom. The zero-order valence-corrected chi connectivity index (χ0v) is 15.5. The van der Waals surface area contributed by atoms with E-state index in [0.717, 1.165) is 19.4 Å². The zero-order chi connectivity index (χ0) is 18.3.